The van der Waals surface area contributed by atoms with Crippen molar-refractivity contribution in [3.63, 3.8) is 0 Å². The van der Waals surface area contributed by atoms with Crippen LogP contribution >= 0.6 is 0 Å². The molecule has 2 rings (SSSR count). The van der Waals surface area contributed by atoms with Crippen molar-refractivity contribution >= 4 is 17.3 Å². The fourth-order valence-electron chi connectivity index (χ4n) is 2.16. The van der Waals surface area contributed by atoms with Crippen molar-refractivity contribution in [2.45, 2.75) is 20.8 Å². The van der Waals surface area contributed by atoms with Gasteiger partial charge in [0.1, 0.15) is 0 Å². The number of nitro groups is 1. The second kappa shape index (κ2) is 5.75. The van der Waals surface area contributed by atoms with Crippen LogP contribution in [0.1, 0.15) is 27.0 Å². The number of carbonyl (C=O) groups excluding carboxylic acids is 1. The highest BCUT2D eigenvalue weighted by molar-refractivity contribution is 6.05. The topological polar surface area (TPSA) is 72.2 Å². The van der Waals surface area contributed by atoms with Gasteiger partial charge >= 0.3 is 0 Å². The molecule has 21 heavy (non-hydrogen) atoms. The first-order chi connectivity index (χ1) is 9.86. The summed E-state index contributed by atoms with van der Waals surface area (Å²) < 4.78 is 0. The van der Waals surface area contributed by atoms with E-state index < -0.39 is 4.92 Å². The molecule has 0 saturated carbocycles. The van der Waals surface area contributed by atoms with Gasteiger partial charge in [0.05, 0.1) is 10.6 Å². The molecule has 0 aliphatic carbocycles. The average Bonchev–Trinajstić information content (AvgIpc) is 2.39. The molecule has 0 atom stereocenters. The second-order valence-corrected chi connectivity index (χ2v) is 5.09. The Kier molecular flexibility index (Phi) is 4.03. The molecule has 5 nitrogen and oxygen atoms in total. The zero-order valence-electron chi connectivity index (χ0n) is 12.1. The minimum atomic E-state index is -0.480. The molecule has 0 bridgehead atoms. The van der Waals surface area contributed by atoms with E-state index in [1.807, 2.05) is 19.9 Å². The number of nitro benzene ring substituents is 1. The fourth-order valence-corrected chi connectivity index (χ4v) is 2.16. The van der Waals surface area contributed by atoms with Crippen molar-refractivity contribution in [2.75, 3.05) is 5.32 Å². The molecule has 0 heterocycles. The summed E-state index contributed by atoms with van der Waals surface area (Å²) in [6.07, 6.45) is 0. The molecular weight excluding hydrogens is 268 g/mol. The van der Waals surface area contributed by atoms with Gasteiger partial charge in [0.2, 0.25) is 0 Å². The Morgan fingerprint density at radius 2 is 1.67 bits per heavy atom. The highest BCUT2D eigenvalue weighted by Gasteiger charge is 2.12. The van der Waals surface area contributed by atoms with Crippen molar-refractivity contribution < 1.29 is 9.72 Å². The summed E-state index contributed by atoms with van der Waals surface area (Å²) in [5.74, 6) is -0.273. The third kappa shape index (κ3) is 3.45. The van der Waals surface area contributed by atoms with E-state index in [2.05, 4.69) is 5.32 Å². The van der Waals surface area contributed by atoms with Gasteiger partial charge < -0.3 is 5.32 Å². The smallest absolute Gasteiger partial charge is 0.271 e. The van der Waals surface area contributed by atoms with Crippen molar-refractivity contribution in [3.8, 4) is 0 Å². The molecule has 1 N–H and O–H groups in total. The Hall–Kier alpha value is -2.69. The lowest BCUT2D eigenvalue weighted by atomic mass is 10.1. The number of carbonyl (C=O) groups is 1. The van der Waals surface area contributed by atoms with Crippen molar-refractivity contribution in [2.24, 2.45) is 0 Å². The minimum absolute atomic E-state index is 0.0451. The number of benzene rings is 2. The van der Waals surface area contributed by atoms with E-state index in [-0.39, 0.29) is 11.6 Å². The van der Waals surface area contributed by atoms with Gasteiger partial charge in [0, 0.05) is 17.7 Å². The maximum Gasteiger partial charge on any atom is 0.271 e. The Balaban J connectivity index is 2.31. The number of hydrogen-bond donors (Lipinski definition) is 1. The molecule has 0 aromatic heterocycles. The Morgan fingerprint density at radius 3 is 2.24 bits per heavy atom. The van der Waals surface area contributed by atoms with E-state index in [1.54, 1.807) is 25.1 Å². The summed E-state index contributed by atoms with van der Waals surface area (Å²) in [4.78, 5) is 22.6. The van der Waals surface area contributed by atoms with Crippen LogP contribution in [0, 0.1) is 30.9 Å². The van der Waals surface area contributed by atoms with Gasteiger partial charge in [-0.1, -0.05) is 23.3 Å². The molecule has 0 aliphatic heterocycles. The monoisotopic (exact) mass is 284 g/mol. The molecule has 1 amide bonds. The quantitative estimate of drug-likeness (QED) is 0.688. The summed E-state index contributed by atoms with van der Waals surface area (Å²) >= 11 is 0. The standard InChI is InChI=1S/C16H16N2O3/c1-10-6-11(2)8-13(7-10)16(19)17-15-9-14(18(20)21)5-4-12(15)3/h4-9H,1-3H3,(H,17,19). The molecule has 2 aromatic rings. The van der Waals surface area contributed by atoms with E-state index in [1.165, 1.54) is 12.1 Å². The summed E-state index contributed by atoms with van der Waals surface area (Å²) in [6, 6.07) is 9.96. The Labute approximate surface area is 122 Å². The highest BCUT2D eigenvalue weighted by Crippen LogP contribution is 2.22. The third-order valence-corrected chi connectivity index (χ3v) is 3.16. The van der Waals surface area contributed by atoms with Crippen LogP contribution in [0.5, 0.6) is 0 Å². The number of hydrogen-bond acceptors (Lipinski definition) is 3. The van der Waals surface area contributed by atoms with Crippen LogP contribution in [0.3, 0.4) is 0 Å². The number of nitrogens with zero attached hydrogens (tertiary/aromatic N) is 1. The third-order valence-electron chi connectivity index (χ3n) is 3.16. The maximum absolute atomic E-state index is 12.3. The lowest BCUT2D eigenvalue weighted by Gasteiger charge is -2.09. The predicted octanol–water partition coefficient (Wildman–Crippen LogP) is 3.77. The molecule has 108 valence electrons. The highest BCUT2D eigenvalue weighted by atomic mass is 16.6. The predicted molar refractivity (Wildman–Crippen MR) is 81.7 cm³/mol. The molecular formula is C16H16N2O3. The zero-order valence-corrected chi connectivity index (χ0v) is 12.1. The molecule has 0 saturated heterocycles. The summed E-state index contributed by atoms with van der Waals surface area (Å²) in [6.45, 7) is 5.63. The number of amides is 1. The normalized spacial score (nSPS) is 10.2. The molecule has 0 fully saturated rings. The van der Waals surface area contributed by atoms with Crippen LogP contribution in [-0.4, -0.2) is 10.8 Å². The van der Waals surface area contributed by atoms with Gasteiger partial charge in [-0.2, -0.15) is 0 Å². The van der Waals surface area contributed by atoms with Gasteiger partial charge in [-0.05, 0) is 38.5 Å². The first-order valence-electron chi connectivity index (χ1n) is 6.51. The molecule has 5 heteroatoms. The lowest BCUT2D eigenvalue weighted by molar-refractivity contribution is -0.384. The van der Waals surface area contributed by atoms with Gasteiger partial charge in [0.15, 0.2) is 0 Å². The van der Waals surface area contributed by atoms with Gasteiger partial charge in [-0.15, -0.1) is 0 Å². The summed E-state index contributed by atoms with van der Waals surface area (Å²) in [5, 5.41) is 13.5. The van der Waals surface area contributed by atoms with Crippen LogP contribution in [0.25, 0.3) is 0 Å². The van der Waals surface area contributed by atoms with E-state index in [0.29, 0.717) is 11.3 Å². The SMILES string of the molecule is Cc1cc(C)cc(C(=O)Nc2cc([N+](=O)[O-])ccc2C)c1. The van der Waals surface area contributed by atoms with Gasteiger partial charge in [0.25, 0.3) is 11.6 Å². The largest absolute Gasteiger partial charge is 0.321 e. The van der Waals surface area contributed by atoms with Gasteiger partial charge in [-0.3, -0.25) is 14.9 Å². The van der Waals surface area contributed by atoms with Gasteiger partial charge in [-0.25, -0.2) is 0 Å². The molecule has 2 aromatic carbocycles. The molecule has 0 aliphatic rings. The maximum atomic E-state index is 12.3. The molecule has 0 radical (unpaired) electrons. The average molecular weight is 284 g/mol. The van der Waals surface area contributed by atoms with Crippen molar-refractivity contribution in [1.29, 1.82) is 0 Å². The molecule has 0 unspecified atom stereocenters. The Morgan fingerprint density at radius 1 is 1.05 bits per heavy atom. The number of aryl methyl sites for hydroxylation is 3. The van der Waals surface area contributed by atoms with Crippen LogP contribution < -0.4 is 5.32 Å². The van der Waals surface area contributed by atoms with E-state index in [4.69, 9.17) is 0 Å². The van der Waals surface area contributed by atoms with E-state index in [9.17, 15) is 14.9 Å². The molecule has 0 spiro atoms. The minimum Gasteiger partial charge on any atom is -0.321 e. The van der Waals surface area contributed by atoms with Crippen LogP contribution in [-0.2, 0) is 0 Å². The van der Waals surface area contributed by atoms with Crippen molar-refractivity contribution in [3.05, 3.63) is 68.8 Å². The van der Waals surface area contributed by atoms with E-state index in [0.717, 1.165) is 16.7 Å². The summed E-state index contributed by atoms with van der Waals surface area (Å²) in [5.41, 5.74) is 3.72. The number of non-ortho nitro benzene ring substituents is 1. The van der Waals surface area contributed by atoms with Crippen LogP contribution in [0.2, 0.25) is 0 Å². The lowest BCUT2D eigenvalue weighted by Crippen LogP contribution is -2.13. The second-order valence-electron chi connectivity index (χ2n) is 5.09. The van der Waals surface area contributed by atoms with Crippen LogP contribution in [0.15, 0.2) is 36.4 Å². The van der Waals surface area contributed by atoms with Crippen LogP contribution in [0.4, 0.5) is 11.4 Å². The zero-order chi connectivity index (χ0) is 15.6. The number of anilines is 1. The number of nitrogens with one attached hydrogen (secondary N) is 1. The first-order valence-corrected chi connectivity index (χ1v) is 6.51. The Bertz CT molecular complexity index is 703. The number of rotatable bonds is 3. The summed E-state index contributed by atoms with van der Waals surface area (Å²) in [7, 11) is 0. The van der Waals surface area contributed by atoms with Crippen molar-refractivity contribution in [1.82, 2.24) is 0 Å². The van der Waals surface area contributed by atoms with E-state index >= 15 is 0 Å². The fraction of sp³-hybridized carbons (Fsp3) is 0.188. The first kappa shape index (κ1) is 14.7.